The molecule has 2 heterocycles. The highest BCUT2D eigenvalue weighted by atomic mass is 35.5. The third-order valence-corrected chi connectivity index (χ3v) is 3.69. The lowest BCUT2D eigenvalue weighted by Crippen LogP contribution is -2.37. The van der Waals surface area contributed by atoms with Gasteiger partial charge in [-0.1, -0.05) is 0 Å². The molecule has 0 aromatic carbocycles. The first-order valence-corrected chi connectivity index (χ1v) is 6.80. The topological polar surface area (TPSA) is 82.1 Å². The summed E-state index contributed by atoms with van der Waals surface area (Å²) in [4.78, 5) is 28.3. The molecule has 0 saturated carbocycles. The monoisotopic (exact) mass is 300 g/mol. The number of rotatable bonds is 4. The van der Waals surface area contributed by atoms with Crippen LogP contribution in [0.4, 0.5) is 0 Å². The Hall–Kier alpha value is -1.60. The molecule has 7 nitrogen and oxygen atoms in total. The number of imidazole rings is 1. The third-order valence-electron chi connectivity index (χ3n) is 3.42. The summed E-state index contributed by atoms with van der Waals surface area (Å²) in [5.41, 5.74) is -0.286. The summed E-state index contributed by atoms with van der Waals surface area (Å²) in [6, 6.07) is 0. The SMILES string of the molecule is Cn1c(=O)c2c(nc(C(O)CCCCl)n2C)n(C)c1=O. The molecule has 0 radical (unpaired) electrons. The van der Waals surface area contributed by atoms with Crippen LogP contribution in [0.15, 0.2) is 9.59 Å². The van der Waals surface area contributed by atoms with Crippen LogP contribution < -0.4 is 11.2 Å². The highest BCUT2D eigenvalue weighted by molar-refractivity contribution is 6.17. The molecular formula is C12H17ClN4O3. The number of aromatic nitrogens is 4. The Kier molecular flexibility index (Phi) is 4.01. The number of aliphatic hydroxyl groups is 1. The molecule has 2 aromatic rings. The summed E-state index contributed by atoms with van der Waals surface area (Å²) in [5.74, 6) is 0.810. The van der Waals surface area contributed by atoms with Crippen molar-refractivity contribution < 1.29 is 5.11 Å². The molecule has 0 fully saturated rings. The van der Waals surface area contributed by atoms with Gasteiger partial charge < -0.3 is 9.67 Å². The molecule has 1 atom stereocenters. The van der Waals surface area contributed by atoms with Crippen LogP contribution in [0.25, 0.3) is 11.2 Å². The Balaban J connectivity index is 2.70. The minimum Gasteiger partial charge on any atom is -0.385 e. The quantitative estimate of drug-likeness (QED) is 0.807. The average molecular weight is 301 g/mol. The molecule has 0 aliphatic rings. The van der Waals surface area contributed by atoms with Crippen molar-refractivity contribution in [1.82, 2.24) is 18.7 Å². The molecule has 0 aliphatic heterocycles. The summed E-state index contributed by atoms with van der Waals surface area (Å²) in [6.07, 6.45) is 0.281. The van der Waals surface area contributed by atoms with E-state index in [4.69, 9.17) is 11.6 Å². The molecule has 1 N–H and O–H groups in total. The molecule has 0 aliphatic carbocycles. The number of hydrogen-bond donors (Lipinski definition) is 1. The maximum Gasteiger partial charge on any atom is 0.332 e. The molecule has 2 rings (SSSR count). The molecule has 110 valence electrons. The Bertz CT molecular complexity index is 759. The zero-order chi connectivity index (χ0) is 15.0. The van der Waals surface area contributed by atoms with Gasteiger partial charge in [-0.15, -0.1) is 11.6 Å². The van der Waals surface area contributed by atoms with Crippen LogP contribution in [-0.4, -0.2) is 29.7 Å². The molecule has 0 spiro atoms. The van der Waals surface area contributed by atoms with Crippen molar-refractivity contribution in [2.24, 2.45) is 21.1 Å². The number of fused-ring (bicyclic) bond motifs is 1. The second kappa shape index (κ2) is 5.41. The van der Waals surface area contributed by atoms with Gasteiger partial charge in [-0.3, -0.25) is 13.9 Å². The Labute approximate surface area is 120 Å². The van der Waals surface area contributed by atoms with Gasteiger partial charge in [-0.25, -0.2) is 9.78 Å². The van der Waals surface area contributed by atoms with E-state index in [1.54, 1.807) is 14.1 Å². The van der Waals surface area contributed by atoms with Gasteiger partial charge in [0.25, 0.3) is 5.56 Å². The van der Waals surface area contributed by atoms with Crippen LogP contribution >= 0.6 is 11.6 Å². The first kappa shape index (κ1) is 14.8. The summed E-state index contributed by atoms with van der Waals surface area (Å²) in [5, 5.41) is 10.1. The van der Waals surface area contributed by atoms with Gasteiger partial charge in [0.05, 0.1) is 0 Å². The Morgan fingerprint density at radius 1 is 1.20 bits per heavy atom. The zero-order valence-corrected chi connectivity index (χ0v) is 12.4. The van der Waals surface area contributed by atoms with Crippen LogP contribution in [0, 0.1) is 0 Å². The van der Waals surface area contributed by atoms with Crippen molar-refractivity contribution in [3.63, 3.8) is 0 Å². The van der Waals surface area contributed by atoms with E-state index in [1.807, 2.05) is 0 Å². The number of nitrogens with zero attached hydrogens (tertiary/aromatic N) is 4. The lowest BCUT2D eigenvalue weighted by atomic mass is 10.2. The predicted octanol–water partition coefficient (Wildman–Crippen LogP) is 0.0231. The minimum absolute atomic E-state index is 0.278. The molecule has 1 unspecified atom stereocenters. The molecule has 8 heteroatoms. The summed E-state index contributed by atoms with van der Waals surface area (Å²) in [6.45, 7) is 0. The van der Waals surface area contributed by atoms with E-state index in [-0.39, 0.29) is 5.65 Å². The number of aliphatic hydroxyl groups excluding tert-OH is 1. The largest absolute Gasteiger partial charge is 0.385 e. The van der Waals surface area contributed by atoms with E-state index in [0.29, 0.717) is 30.1 Å². The van der Waals surface area contributed by atoms with Crippen LogP contribution in [0.2, 0.25) is 0 Å². The van der Waals surface area contributed by atoms with E-state index in [0.717, 1.165) is 4.57 Å². The fourth-order valence-corrected chi connectivity index (χ4v) is 2.39. The van der Waals surface area contributed by atoms with Crippen molar-refractivity contribution in [3.05, 3.63) is 26.7 Å². The third kappa shape index (κ3) is 2.16. The van der Waals surface area contributed by atoms with E-state index in [9.17, 15) is 14.7 Å². The van der Waals surface area contributed by atoms with Gasteiger partial charge in [-0.05, 0) is 12.8 Å². The van der Waals surface area contributed by atoms with Gasteiger partial charge in [0.15, 0.2) is 11.2 Å². The van der Waals surface area contributed by atoms with E-state index >= 15 is 0 Å². The van der Waals surface area contributed by atoms with Crippen molar-refractivity contribution in [3.8, 4) is 0 Å². The fourth-order valence-electron chi connectivity index (χ4n) is 2.23. The lowest BCUT2D eigenvalue weighted by Gasteiger charge is -2.09. The smallest absolute Gasteiger partial charge is 0.332 e. The maximum absolute atomic E-state index is 12.2. The minimum atomic E-state index is -0.814. The Morgan fingerprint density at radius 3 is 2.45 bits per heavy atom. The van der Waals surface area contributed by atoms with Crippen LogP contribution in [0.5, 0.6) is 0 Å². The summed E-state index contributed by atoms with van der Waals surface area (Å²) in [7, 11) is 4.62. The van der Waals surface area contributed by atoms with E-state index in [1.165, 1.54) is 16.2 Å². The van der Waals surface area contributed by atoms with Crippen molar-refractivity contribution in [2.45, 2.75) is 18.9 Å². The van der Waals surface area contributed by atoms with Crippen LogP contribution in [0.1, 0.15) is 24.8 Å². The highest BCUT2D eigenvalue weighted by Crippen LogP contribution is 2.20. The molecular weight excluding hydrogens is 284 g/mol. The first-order chi connectivity index (χ1) is 9.40. The molecule has 2 aromatic heterocycles. The fraction of sp³-hybridized carbons (Fsp3) is 0.583. The molecule has 0 bridgehead atoms. The van der Waals surface area contributed by atoms with E-state index in [2.05, 4.69) is 4.98 Å². The summed E-state index contributed by atoms with van der Waals surface area (Å²) >= 11 is 5.61. The van der Waals surface area contributed by atoms with Crippen LogP contribution in [-0.2, 0) is 21.1 Å². The number of halogens is 1. The van der Waals surface area contributed by atoms with Crippen molar-refractivity contribution in [1.29, 1.82) is 0 Å². The molecule has 0 saturated heterocycles. The molecule has 20 heavy (non-hydrogen) atoms. The Morgan fingerprint density at radius 2 is 1.85 bits per heavy atom. The number of hydrogen-bond acceptors (Lipinski definition) is 4. The second-order valence-corrected chi connectivity index (χ2v) is 5.13. The maximum atomic E-state index is 12.2. The highest BCUT2D eigenvalue weighted by Gasteiger charge is 2.20. The number of aryl methyl sites for hydroxylation is 2. The van der Waals surface area contributed by atoms with Gasteiger partial charge in [0.1, 0.15) is 11.9 Å². The van der Waals surface area contributed by atoms with Gasteiger partial charge >= 0.3 is 5.69 Å². The second-order valence-electron chi connectivity index (χ2n) is 4.75. The van der Waals surface area contributed by atoms with Gasteiger partial charge in [0, 0.05) is 27.0 Å². The lowest BCUT2D eigenvalue weighted by molar-refractivity contribution is 0.154. The van der Waals surface area contributed by atoms with Gasteiger partial charge in [0.2, 0.25) is 0 Å². The van der Waals surface area contributed by atoms with Crippen molar-refractivity contribution in [2.75, 3.05) is 5.88 Å². The van der Waals surface area contributed by atoms with Crippen molar-refractivity contribution >= 4 is 22.8 Å². The summed E-state index contributed by atoms with van der Waals surface area (Å²) < 4.78 is 3.86. The van der Waals surface area contributed by atoms with Crippen LogP contribution in [0.3, 0.4) is 0 Å². The number of alkyl halides is 1. The average Bonchev–Trinajstić information content (AvgIpc) is 2.78. The first-order valence-electron chi connectivity index (χ1n) is 6.26. The predicted molar refractivity (Wildman–Crippen MR) is 76.1 cm³/mol. The standard InChI is InChI=1S/C12H17ClN4O3/c1-15-8-10(14-9(15)7(18)5-4-6-13)16(2)12(20)17(3)11(8)19/h7,18H,4-6H2,1-3H3. The van der Waals surface area contributed by atoms with Gasteiger partial charge in [-0.2, -0.15) is 0 Å². The molecule has 0 amide bonds. The zero-order valence-electron chi connectivity index (χ0n) is 11.6. The van der Waals surface area contributed by atoms with E-state index < -0.39 is 17.4 Å². The normalized spacial score (nSPS) is 13.1.